The summed E-state index contributed by atoms with van der Waals surface area (Å²) in [5, 5.41) is 11.9. The van der Waals surface area contributed by atoms with Gasteiger partial charge in [0.2, 0.25) is 5.91 Å². The summed E-state index contributed by atoms with van der Waals surface area (Å²) in [6.45, 7) is 2.43. The normalized spacial score (nSPS) is 22.4. The Hall–Kier alpha value is -1.43. The summed E-state index contributed by atoms with van der Waals surface area (Å²) in [7, 11) is 1.76. The average Bonchev–Trinajstić information content (AvgIpc) is 2.97. The highest BCUT2D eigenvalue weighted by Gasteiger charge is 2.35. The molecule has 1 aromatic heterocycles. The Morgan fingerprint density at radius 2 is 2.16 bits per heavy atom. The highest BCUT2D eigenvalue weighted by Crippen LogP contribution is 2.32. The van der Waals surface area contributed by atoms with Gasteiger partial charge in [0.15, 0.2) is 0 Å². The van der Waals surface area contributed by atoms with Crippen LogP contribution in [0.4, 0.5) is 0 Å². The largest absolute Gasteiger partial charge is 0.481 e. The van der Waals surface area contributed by atoms with Crippen LogP contribution in [0.3, 0.4) is 0 Å². The van der Waals surface area contributed by atoms with Crippen molar-refractivity contribution in [3.63, 3.8) is 0 Å². The van der Waals surface area contributed by atoms with Crippen LogP contribution in [0.2, 0.25) is 0 Å². The first-order valence-corrected chi connectivity index (χ1v) is 7.24. The van der Waals surface area contributed by atoms with Crippen LogP contribution in [0, 0.1) is 18.8 Å². The van der Waals surface area contributed by atoms with E-state index in [1.54, 1.807) is 23.3 Å². The molecule has 0 aliphatic heterocycles. The number of amides is 1. The lowest BCUT2D eigenvalue weighted by Gasteiger charge is -2.20. The fraction of sp³-hybridized carbons (Fsp3) is 0.615. The molecule has 2 unspecified atom stereocenters. The zero-order valence-corrected chi connectivity index (χ0v) is 11.9. The van der Waals surface area contributed by atoms with Crippen LogP contribution >= 0.6 is 11.3 Å². The SMILES string of the molecule is Cc1nc(CN(C)C(=O)C2CCC(C(=O)O)C2)cs1. The van der Waals surface area contributed by atoms with Crippen molar-refractivity contribution < 1.29 is 14.7 Å². The van der Waals surface area contributed by atoms with E-state index >= 15 is 0 Å². The third kappa shape index (κ3) is 3.32. The highest BCUT2D eigenvalue weighted by molar-refractivity contribution is 7.09. The van der Waals surface area contributed by atoms with E-state index in [-0.39, 0.29) is 17.7 Å². The van der Waals surface area contributed by atoms with Gasteiger partial charge in [0.1, 0.15) is 0 Å². The first-order chi connectivity index (χ1) is 8.97. The molecule has 0 radical (unpaired) electrons. The molecule has 0 saturated heterocycles. The van der Waals surface area contributed by atoms with Gasteiger partial charge in [-0.05, 0) is 26.2 Å². The van der Waals surface area contributed by atoms with Crippen molar-refractivity contribution in [3.8, 4) is 0 Å². The van der Waals surface area contributed by atoms with E-state index in [2.05, 4.69) is 4.98 Å². The number of carboxylic acids is 1. The Kier molecular flexibility index (Phi) is 4.19. The first-order valence-electron chi connectivity index (χ1n) is 6.36. The Bertz CT molecular complexity index is 486. The fourth-order valence-corrected chi connectivity index (χ4v) is 3.15. The van der Waals surface area contributed by atoms with Crippen molar-refractivity contribution in [2.45, 2.75) is 32.7 Å². The summed E-state index contributed by atoms with van der Waals surface area (Å²) in [4.78, 5) is 29.1. The van der Waals surface area contributed by atoms with E-state index in [9.17, 15) is 9.59 Å². The van der Waals surface area contributed by atoms with Crippen molar-refractivity contribution in [1.29, 1.82) is 0 Å². The summed E-state index contributed by atoms with van der Waals surface area (Å²) < 4.78 is 0. The van der Waals surface area contributed by atoms with E-state index < -0.39 is 5.97 Å². The molecule has 5 nitrogen and oxygen atoms in total. The van der Waals surface area contributed by atoms with Crippen molar-refractivity contribution in [1.82, 2.24) is 9.88 Å². The maximum atomic E-state index is 12.2. The molecule has 1 saturated carbocycles. The molecule has 19 heavy (non-hydrogen) atoms. The molecule has 1 aliphatic rings. The predicted molar refractivity (Wildman–Crippen MR) is 71.8 cm³/mol. The van der Waals surface area contributed by atoms with Gasteiger partial charge < -0.3 is 10.0 Å². The van der Waals surface area contributed by atoms with Gasteiger partial charge in [-0.1, -0.05) is 0 Å². The Morgan fingerprint density at radius 3 is 2.68 bits per heavy atom. The Morgan fingerprint density at radius 1 is 1.47 bits per heavy atom. The molecule has 2 rings (SSSR count). The summed E-state index contributed by atoms with van der Waals surface area (Å²) in [5.74, 6) is -1.25. The zero-order valence-electron chi connectivity index (χ0n) is 11.1. The van der Waals surface area contributed by atoms with E-state index in [0.29, 0.717) is 25.8 Å². The van der Waals surface area contributed by atoms with Gasteiger partial charge in [0.25, 0.3) is 0 Å². The molecule has 0 spiro atoms. The number of hydrogen-bond donors (Lipinski definition) is 1. The molecule has 1 fully saturated rings. The third-order valence-electron chi connectivity index (χ3n) is 3.57. The van der Waals surface area contributed by atoms with Gasteiger partial charge >= 0.3 is 5.97 Å². The van der Waals surface area contributed by atoms with E-state index in [4.69, 9.17) is 5.11 Å². The molecule has 1 heterocycles. The Balaban J connectivity index is 1.91. The number of carboxylic acid groups (broad SMARTS) is 1. The lowest BCUT2D eigenvalue weighted by molar-refractivity contribution is -0.141. The fourth-order valence-electron chi connectivity index (χ4n) is 2.54. The van der Waals surface area contributed by atoms with Crippen LogP contribution in [0.15, 0.2) is 5.38 Å². The molecule has 104 valence electrons. The zero-order chi connectivity index (χ0) is 14.0. The lowest BCUT2D eigenvalue weighted by Crippen LogP contribution is -2.31. The van der Waals surface area contributed by atoms with Gasteiger partial charge in [0.05, 0.1) is 23.2 Å². The van der Waals surface area contributed by atoms with Crippen LogP contribution < -0.4 is 0 Å². The standard InChI is InChI=1S/C13H18N2O3S/c1-8-14-11(7-19-8)6-15(2)12(16)9-3-4-10(5-9)13(17)18/h7,9-10H,3-6H2,1-2H3,(H,17,18). The molecule has 1 aromatic rings. The number of aryl methyl sites for hydroxylation is 1. The number of aromatic nitrogens is 1. The van der Waals surface area contributed by atoms with Crippen molar-refractivity contribution >= 4 is 23.2 Å². The van der Waals surface area contributed by atoms with Gasteiger partial charge in [-0.3, -0.25) is 9.59 Å². The van der Waals surface area contributed by atoms with Crippen LogP contribution in [-0.2, 0) is 16.1 Å². The second-order valence-electron chi connectivity index (χ2n) is 5.10. The van der Waals surface area contributed by atoms with E-state index in [0.717, 1.165) is 10.7 Å². The summed E-state index contributed by atoms with van der Waals surface area (Å²) in [6.07, 6.45) is 1.75. The number of carbonyl (C=O) groups excluding carboxylic acids is 1. The van der Waals surface area contributed by atoms with Gasteiger partial charge in [0, 0.05) is 18.3 Å². The average molecular weight is 282 g/mol. The number of carbonyl (C=O) groups is 2. The number of hydrogen-bond acceptors (Lipinski definition) is 4. The number of nitrogens with zero attached hydrogens (tertiary/aromatic N) is 2. The van der Waals surface area contributed by atoms with Crippen LogP contribution in [-0.4, -0.2) is 33.9 Å². The maximum Gasteiger partial charge on any atom is 0.306 e. The molecule has 6 heteroatoms. The molecular weight excluding hydrogens is 264 g/mol. The minimum atomic E-state index is -0.784. The summed E-state index contributed by atoms with van der Waals surface area (Å²) in [5.41, 5.74) is 0.895. The van der Waals surface area contributed by atoms with E-state index in [1.165, 1.54) is 0 Å². The number of aliphatic carboxylic acids is 1. The lowest BCUT2D eigenvalue weighted by atomic mass is 10.0. The molecule has 1 N–H and O–H groups in total. The minimum Gasteiger partial charge on any atom is -0.481 e. The molecule has 1 aliphatic carbocycles. The summed E-state index contributed by atoms with van der Waals surface area (Å²) in [6, 6.07) is 0. The van der Waals surface area contributed by atoms with Crippen molar-refractivity contribution in [2.75, 3.05) is 7.05 Å². The molecular formula is C13H18N2O3S. The van der Waals surface area contributed by atoms with Crippen LogP contribution in [0.25, 0.3) is 0 Å². The minimum absolute atomic E-state index is 0.0365. The molecule has 0 aromatic carbocycles. The first kappa shape index (κ1) is 14.0. The predicted octanol–water partition coefficient (Wildman–Crippen LogP) is 1.91. The Labute approximate surface area is 116 Å². The number of thiazole rings is 1. The second-order valence-corrected chi connectivity index (χ2v) is 6.16. The molecule has 1 amide bonds. The smallest absolute Gasteiger partial charge is 0.306 e. The second kappa shape index (κ2) is 5.69. The van der Waals surface area contributed by atoms with Gasteiger partial charge in [-0.15, -0.1) is 11.3 Å². The highest BCUT2D eigenvalue weighted by atomic mass is 32.1. The molecule has 2 atom stereocenters. The quantitative estimate of drug-likeness (QED) is 0.915. The van der Waals surface area contributed by atoms with Crippen LogP contribution in [0.5, 0.6) is 0 Å². The van der Waals surface area contributed by atoms with Gasteiger partial charge in [-0.2, -0.15) is 0 Å². The summed E-state index contributed by atoms with van der Waals surface area (Å²) >= 11 is 1.57. The van der Waals surface area contributed by atoms with E-state index in [1.807, 2.05) is 12.3 Å². The van der Waals surface area contributed by atoms with Crippen LogP contribution in [0.1, 0.15) is 30.0 Å². The molecule has 0 bridgehead atoms. The monoisotopic (exact) mass is 282 g/mol. The topological polar surface area (TPSA) is 70.5 Å². The number of rotatable bonds is 4. The third-order valence-corrected chi connectivity index (χ3v) is 4.40. The van der Waals surface area contributed by atoms with Crippen molar-refractivity contribution in [3.05, 3.63) is 16.1 Å². The van der Waals surface area contributed by atoms with Crippen molar-refractivity contribution in [2.24, 2.45) is 11.8 Å². The van der Waals surface area contributed by atoms with Gasteiger partial charge in [-0.25, -0.2) is 4.98 Å². The maximum absolute atomic E-state index is 12.2.